The van der Waals surface area contributed by atoms with E-state index in [1.54, 1.807) is 39.0 Å². The average Bonchev–Trinajstić information content (AvgIpc) is 2.88. The topological polar surface area (TPSA) is 87.9 Å². The van der Waals surface area contributed by atoms with E-state index in [1.807, 2.05) is 0 Å². The van der Waals surface area contributed by atoms with Crippen LogP contribution in [0.2, 0.25) is 0 Å². The van der Waals surface area contributed by atoms with E-state index in [9.17, 15) is 9.36 Å². The molecule has 0 atom stereocenters. The number of benzene rings is 1. The van der Waals surface area contributed by atoms with Gasteiger partial charge in [0.2, 0.25) is 5.89 Å². The van der Waals surface area contributed by atoms with Crippen LogP contribution in [0.3, 0.4) is 0 Å². The SMILES string of the molecule is CCOC(=O)c1ccc2oc(CP(=O)(OCC)OCC)nc2c1. The van der Waals surface area contributed by atoms with E-state index >= 15 is 0 Å². The van der Waals surface area contributed by atoms with Gasteiger partial charge in [-0.05, 0) is 39.0 Å². The van der Waals surface area contributed by atoms with E-state index in [0.717, 1.165) is 0 Å². The molecule has 0 fully saturated rings. The minimum Gasteiger partial charge on any atom is -0.462 e. The zero-order valence-corrected chi connectivity index (χ0v) is 14.3. The molecule has 0 unspecified atom stereocenters. The maximum absolute atomic E-state index is 12.5. The molecule has 126 valence electrons. The number of esters is 1. The van der Waals surface area contributed by atoms with Crippen LogP contribution in [0.4, 0.5) is 0 Å². The minimum absolute atomic E-state index is 0.0574. The number of rotatable bonds is 8. The van der Waals surface area contributed by atoms with Crippen LogP contribution in [0, 0.1) is 0 Å². The molecule has 0 saturated heterocycles. The molecule has 23 heavy (non-hydrogen) atoms. The van der Waals surface area contributed by atoms with Crippen LogP contribution in [-0.2, 0) is 24.5 Å². The van der Waals surface area contributed by atoms with E-state index in [1.165, 1.54) is 0 Å². The Balaban J connectivity index is 2.26. The van der Waals surface area contributed by atoms with Gasteiger partial charge in [0, 0.05) is 0 Å². The van der Waals surface area contributed by atoms with Crippen molar-refractivity contribution >= 4 is 24.7 Å². The van der Waals surface area contributed by atoms with E-state index in [-0.39, 0.29) is 25.3 Å². The number of hydrogen-bond donors (Lipinski definition) is 0. The molecule has 0 amide bonds. The van der Waals surface area contributed by atoms with Gasteiger partial charge in [-0.15, -0.1) is 0 Å². The van der Waals surface area contributed by atoms with Crippen LogP contribution >= 0.6 is 7.60 Å². The van der Waals surface area contributed by atoms with Gasteiger partial charge in [-0.25, -0.2) is 9.78 Å². The molecule has 1 heterocycles. The number of aromatic nitrogens is 1. The maximum atomic E-state index is 12.5. The molecule has 0 aliphatic rings. The summed E-state index contributed by atoms with van der Waals surface area (Å²) in [4.78, 5) is 16.0. The van der Waals surface area contributed by atoms with Crippen LogP contribution in [-0.4, -0.2) is 30.8 Å². The second-order valence-corrected chi connectivity index (χ2v) is 6.67. The molecular weight excluding hydrogens is 321 g/mol. The number of hydrogen-bond acceptors (Lipinski definition) is 7. The van der Waals surface area contributed by atoms with Crippen LogP contribution in [0.5, 0.6) is 0 Å². The quantitative estimate of drug-likeness (QED) is 0.533. The third kappa shape index (κ3) is 4.41. The molecule has 0 spiro atoms. The molecule has 0 bridgehead atoms. The highest BCUT2D eigenvalue weighted by molar-refractivity contribution is 7.52. The molecule has 0 aliphatic carbocycles. The van der Waals surface area contributed by atoms with E-state index in [2.05, 4.69) is 4.98 Å². The van der Waals surface area contributed by atoms with Gasteiger partial charge in [0.1, 0.15) is 11.7 Å². The fourth-order valence-electron chi connectivity index (χ4n) is 2.07. The van der Waals surface area contributed by atoms with Crippen molar-refractivity contribution < 1.29 is 27.6 Å². The molecule has 0 radical (unpaired) electrons. The first-order valence-corrected chi connectivity index (χ1v) is 9.18. The summed E-state index contributed by atoms with van der Waals surface area (Å²) in [5, 5.41) is 0. The lowest BCUT2D eigenvalue weighted by Crippen LogP contribution is -2.04. The third-order valence-corrected chi connectivity index (χ3v) is 4.88. The summed E-state index contributed by atoms with van der Waals surface area (Å²) in [6.07, 6.45) is -0.0574. The Labute approximate surface area is 134 Å². The normalized spacial score (nSPS) is 11.8. The second-order valence-electron chi connectivity index (χ2n) is 4.62. The summed E-state index contributed by atoms with van der Waals surface area (Å²) in [5.41, 5.74) is 1.37. The summed E-state index contributed by atoms with van der Waals surface area (Å²) in [6, 6.07) is 4.80. The van der Waals surface area contributed by atoms with Crippen molar-refractivity contribution in [3.63, 3.8) is 0 Å². The third-order valence-electron chi connectivity index (χ3n) is 2.92. The van der Waals surface area contributed by atoms with Crippen molar-refractivity contribution in [3.8, 4) is 0 Å². The second kappa shape index (κ2) is 7.73. The van der Waals surface area contributed by atoms with Crippen molar-refractivity contribution in [3.05, 3.63) is 29.7 Å². The lowest BCUT2D eigenvalue weighted by atomic mass is 10.2. The standard InChI is InChI=1S/C15H20NO6P/c1-4-19-15(17)11-7-8-13-12(9-11)16-14(22-13)10-23(18,20-5-2)21-6-3/h7-9H,4-6,10H2,1-3H3. The van der Waals surface area contributed by atoms with Crippen molar-refractivity contribution in [2.45, 2.75) is 26.9 Å². The Kier molecular flexibility index (Phi) is 5.93. The predicted octanol–water partition coefficient (Wildman–Crippen LogP) is 3.77. The van der Waals surface area contributed by atoms with Gasteiger partial charge in [0.25, 0.3) is 0 Å². The van der Waals surface area contributed by atoms with Gasteiger partial charge in [-0.2, -0.15) is 0 Å². The summed E-state index contributed by atoms with van der Waals surface area (Å²) in [7, 11) is -3.29. The number of ether oxygens (including phenoxy) is 1. The van der Waals surface area contributed by atoms with Gasteiger partial charge < -0.3 is 18.2 Å². The molecule has 2 aromatic rings. The highest BCUT2D eigenvalue weighted by Crippen LogP contribution is 2.51. The number of carbonyl (C=O) groups excluding carboxylic acids is 1. The summed E-state index contributed by atoms with van der Waals surface area (Å²) in [6.45, 7) is 6.05. The summed E-state index contributed by atoms with van der Waals surface area (Å²) < 4.78 is 33.4. The first-order chi connectivity index (χ1) is 11.0. The van der Waals surface area contributed by atoms with Gasteiger partial charge >= 0.3 is 13.6 Å². The molecule has 0 aliphatic heterocycles. The first kappa shape index (κ1) is 17.7. The lowest BCUT2D eigenvalue weighted by Gasteiger charge is -2.14. The highest BCUT2D eigenvalue weighted by Gasteiger charge is 2.27. The highest BCUT2D eigenvalue weighted by atomic mass is 31.2. The Morgan fingerprint density at radius 1 is 1.17 bits per heavy atom. The molecule has 0 saturated carbocycles. The monoisotopic (exact) mass is 341 g/mol. The molecule has 8 heteroatoms. The largest absolute Gasteiger partial charge is 0.462 e. The fourth-order valence-corrected chi connectivity index (χ4v) is 3.58. The summed E-state index contributed by atoms with van der Waals surface area (Å²) in [5.74, 6) is -0.181. The average molecular weight is 341 g/mol. The number of nitrogens with zero attached hydrogens (tertiary/aromatic N) is 1. The number of fused-ring (bicyclic) bond motifs is 1. The smallest absolute Gasteiger partial charge is 0.339 e. The summed E-state index contributed by atoms with van der Waals surface area (Å²) >= 11 is 0. The maximum Gasteiger partial charge on any atom is 0.339 e. The lowest BCUT2D eigenvalue weighted by molar-refractivity contribution is 0.0526. The van der Waals surface area contributed by atoms with Crippen molar-refractivity contribution in [2.75, 3.05) is 19.8 Å². The molecule has 7 nitrogen and oxygen atoms in total. The van der Waals surface area contributed by atoms with Gasteiger partial charge in [-0.1, -0.05) is 0 Å². The number of carbonyl (C=O) groups is 1. The van der Waals surface area contributed by atoms with Crippen molar-refractivity contribution in [2.24, 2.45) is 0 Å². The molecule has 1 aromatic heterocycles. The molecule has 1 aromatic carbocycles. The van der Waals surface area contributed by atoms with Crippen LogP contribution < -0.4 is 0 Å². The zero-order chi connectivity index (χ0) is 16.9. The molecule has 2 rings (SSSR count). The van der Waals surface area contributed by atoms with Crippen molar-refractivity contribution in [1.29, 1.82) is 0 Å². The fraction of sp³-hybridized carbons (Fsp3) is 0.467. The Hall–Kier alpha value is -1.69. The minimum atomic E-state index is -3.29. The van der Waals surface area contributed by atoms with Crippen LogP contribution in [0.25, 0.3) is 11.1 Å². The van der Waals surface area contributed by atoms with E-state index in [4.69, 9.17) is 18.2 Å². The molecular formula is C15H20NO6P. The van der Waals surface area contributed by atoms with Crippen LogP contribution in [0.15, 0.2) is 22.6 Å². The Bertz CT molecular complexity index is 716. The molecule has 0 N–H and O–H groups in total. The predicted molar refractivity (Wildman–Crippen MR) is 84.5 cm³/mol. The van der Waals surface area contributed by atoms with Crippen LogP contribution in [0.1, 0.15) is 37.0 Å². The van der Waals surface area contributed by atoms with E-state index in [0.29, 0.717) is 23.3 Å². The Morgan fingerprint density at radius 2 is 1.87 bits per heavy atom. The number of oxazole rings is 1. The van der Waals surface area contributed by atoms with Gasteiger partial charge in [0.15, 0.2) is 5.58 Å². The van der Waals surface area contributed by atoms with Crippen molar-refractivity contribution in [1.82, 2.24) is 4.98 Å². The zero-order valence-electron chi connectivity index (χ0n) is 13.4. The van der Waals surface area contributed by atoms with E-state index < -0.39 is 13.6 Å². The van der Waals surface area contributed by atoms with Gasteiger partial charge in [0.05, 0.1) is 25.4 Å². The first-order valence-electron chi connectivity index (χ1n) is 7.46. The Morgan fingerprint density at radius 3 is 2.48 bits per heavy atom. The van der Waals surface area contributed by atoms with Gasteiger partial charge in [-0.3, -0.25) is 4.57 Å².